The van der Waals surface area contributed by atoms with Gasteiger partial charge in [0.25, 0.3) is 0 Å². The summed E-state index contributed by atoms with van der Waals surface area (Å²) in [5.74, 6) is 0. The number of hydrogen-bond acceptors (Lipinski definition) is 2. The average Bonchev–Trinajstić information content (AvgIpc) is 2.44. The molecule has 2 atom stereocenters. The number of nitrogens with zero attached hydrogens (tertiary/aromatic N) is 1. The van der Waals surface area contributed by atoms with Crippen LogP contribution in [0.5, 0.6) is 0 Å². The van der Waals surface area contributed by atoms with Crippen molar-refractivity contribution in [2.45, 2.75) is 46.4 Å². The summed E-state index contributed by atoms with van der Waals surface area (Å²) in [4.78, 5) is 1.93. The minimum atomic E-state index is -0.967. The lowest BCUT2D eigenvalue weighted by molar-refractivity contribution is 0.228. The van der Waals surface area contributed by atoms with E-state index in [1.165, 1.54) is 6.92 Å². The lowest BCUT2D eigenvalue weighted by Crippen LogP contribution is -2.24. The first-order valence-corrected chi connectivity index (χ1v) is 7.41. The normalized spacial score (nSPS) is 15.8. The Kier molecular flexibility index (Phi) is 6.63. The summed E-state index contributed by atoms with van der Waals surface area (Å²) in [6.07, 6.45) is 3.52. The van der Waals surface area contributed by atoms with Crippen LogP contribution in [0.1, 0.15) is 45.9 Å². The lowest BCUT2D eigenvalue weighted by atomic mass is 10.1. The zero-order chi connectivity index (χ0) is 16.0. The van der Waals surface area contributed by atoms with E-state index < -0.39 is 12.3 Å². The van der Waals surface area contributed by atoms with Gasteiger partial charge in [-0.2, -0.15) is 0 Å². The van der Waals surface area contributed by atoms with Gasteiger partial charge < -0.3 is 10.0 Å². The first-order valence-electron chi connectivity index (χ1n) is 7.41. The van der Waals surface area contributed by atoms with E-state index >= 15 is 0 Å². The predicted octanol–water partition coefficient (Wildman–Crippen LogP) is 4.77. The van der Waals surface area contributed by atoms with Crippen LogP contribution in [0.25, 0.3) is 0 Å². The van der Waals surface area contributed by atoms with Gasteiger partial charge in [0, 0.05) is 18.4 Å². The maximum Gasteiger partial charge on any atom is 0.122 e. The fourth-order valence-corrected chi connectivity index (χ4v) is 2.22. The molecule has 0 saturated heterocycles. The van der Waals surface area contributed by atoms with Crippen LogP contribution in [0.3, 0.4) is 0 Å². The zero-order valence-corrected chi connectivity index (χ0v) is 13.6. The summed E-state index contributed by atoms with van der Waals surface area (Å²) in [6, 6.07) is 7.32. The summed E-state index contributed by atoms with van der Waals surface area (Å²) >= 11 is 0. The second-order valence-electron chi connectivity index (χ2n) is 5.37. The fourth-order valence-electron chi connectivity index (χ4n) is 2.22. The Morgan fingerprint density at radius 3 is 2.29 bits per heavy atom. The Hall–Kier alpha value is -1.61. The van der Waals surface area contributed by atoms with Crippen LogP contribution in [0.15, 0.2) is 47.7 Å². The molecule has 0 fully saturated rings. The quantitative estimate of drug-likeness (QED) is 0.763. The van der Waals surface area contributed by atoms with Crippen molar-refractivity contribution in [3.63, 3.8) is 0 Å². The Bertz CT molecular complexity index is 500. The lowest BCUT2D eigenvalue weighted by Gasteiger charge is -2.25. The van der Waals surface area contributed by atoms with Gasteiger partial charge in [0.1, 0.15) is 6.17 Å². The third-order valence-corrected chi connectivity index (χ3v) is 3.46. The molecule has 1 aromatic carbocycles. The van der Waals surface area contributed by atoms with Gasteiger partial charge in [-0.05, 0) is 51.0 Å². The Balaban J connectivity index is 3.06. The highest BCUT2D eigenvalue weighted by molar-refractivity contribution is 5.54. The van der Waals surface area contributed by atoms with Gasteiger partial charge in [0.15, 0.2) is 0 Å². The first-order chi connectivity index (χ1) is 9.86. The van der Waals surface area contributed by atoms with Crippen molar-refractivity contribution >= 4 is 5.69 Å². The van der Waals surface area contributed by atoms with Crippen molar-refractivity contribution in [2.75, 3.05) is 11.9 Å². The van der Waals surface area contributed by atoms with E-state index in [-0.39, 0.29) is 0 Å². The number of allylic oxidation sites excluding steroid dienone is 3. The van der Waals surface area contributed by atoms with Crippen molar-refractivity contribution in [2.24, 2.45) is 0 Å². The smallest absolute Gasteiger partial charge is 0.122 e. The van der Waals surface area contributed by atoms with Gasteiger partial charge in [0.2, 0.25) is 0 Å². The number of likely N-dealkylation sites (N-methyl/N-ethyl adjacent to an activating group) is 1. The summed E-state index contributed by atoms with van der Waals surface area (Å²) < 4.78 is 13.2. The number of rotatable bonds is 6. The van der Waals surface area contributed by atoms with Gasteiger partial charge in [-0.25, -0.2) is 4.39 Å². The molecule has 116 valence electrons. The number of halogens is 1. The van der Waals surface area contributed by atoms with Crippen LogP contribution >= 0.6 is 0 Å². The molecule has 0 aliphatic rings. The number of alkyl halides is 1. The topological polar surface area (TPSA) is 23.5 Å². The van der Waals surface area contributed by atoms with Gasteiger partial charge in [-0.3, -0.25) is 0 Å². The minimum Gasteiger partial charge on any atom is -0.387 e. The molecule has 0 aliphatic heterocycles. The first kappa shape index (κ1) is 17.4. The number of benzene rings is 1. The standard InChI is InChI=1S/C18H26FNO/c1-6-7-13(2)12-18(15(4)21)20(5)17-10-8-16(9-11-17)14(3)19/h7-12,14-15,21H,6H2,1-5H3/b13-7-,18-12-. The average molecular weight is 291 g/mol. The Labute approximate surface area is 127 Å². The highest BCUT2D eigenvalue weighted by Gasteiger charge is 2.13. The monoisotopic (exact) mass is 291 g/mol. The van der Waals surface area contributed by atoms with Crippen LogP contribution in [0.4, 0.5) is 10.1 Å². The van der Waals surface area contributed by atoms with E-state index in [1.807, 2.05) is 37.1 Å². The Morgan fingerprint density at radius 2 is 1.86 bits per heavy atom. The highest BCUT2D eigenvalue weighted by Crippen LogP contribution is 2.24. The van der Waals surface area contributed by atoms with E-state index in [9.17, 15) is 9.50 Å². The number of hydrogen-bond donors (Lipinski definition) is 1. The predicted molar refractivity (Wildman–Crippen MR) is 88.2 cm³/mol. The summed E-state index contributed by atoms with van der Waals surface area (Å²) in [6.45, 7) is 7.38. The van der Waals surface area contributed by atoms with E-state index in [2.05, 4.69) is 13.0 Å². The van der Waals surface area contributed by atoms with Gasteiger partial charge in [-0.15, -0.1) is 0 Å². The fraction of sp³-hybridized carbons (Fsp3) is 0.444. The molecule has 0 aliphatic carbocycles. The van der Waals surface area contributed by atoms with Gasteiger partial charge >= 0.3 is 0 Å². The molecule has 2 unspecified atom stereocenters. The molecule has 0 aromatic heterocycles. The minimum absolute atomic E-state index is 0.574. The summed E-state index contributed by atoms with van der Waals surface area (Å²) in [5, 5.41) is 10.0. The third kappa shape index (κ3) is 5.01. The molecule has 21 heavy (non-hydrogen) atoms. The molecule has 1 rings (SSSR count). The second-order valence-corrected chi connectivity index (χ2v) is 5.37. The molecule has 0 spiro atoms. The molecule has 1 N–H and O–H groups in total. The number of anilines is 1. The van der Waals surface area contributed by atoms with Crippen molar-refractivity contribution in [3.8, 4) is 0 Å². The van der Waals surface area contributed by atoms with Crippen molar-refractivity contribution in [1.29, 1.82) is 0 Å². The maximum atomic E-state index is 13.2. The van der Waals surface area contributed by atoms with E-state index in [0.29, 0.717) is 5.56 Å². The molecule has 0 saturated carbocycles. The molecule has 0 heterocycles. The molecule has 2 nitrogen and oxygen atoms in total. The van der Waals surface area contributed by atoms with E-state index in [0.717, 1.165) is 23.4 Å². The number of aliphatic hydroxyl groups excluding tert-OH is 1. The largest absolute Gasteiger partial charge is 0.387 e. The van der Waals surface area contributed by atoms with E-state index in [1.54, 1.807) is 19.1 Å². The van der Waals surface area contributed by atoms with Crippen LogP contribution in [0.2, 0.25) is 0 Å². The second kappa shape index (κ2) is 7.99. The molecular weight excluding hydrogens is 265 g/mol. The Morgan fingerprint density at radius 1 is 1.29 bits per heavy atom. The van der Waals surface area contributed by atoms with Crippen LogP contribution in [-0.4, -0.2) is 18.3 Å². The summed E-state index contributed by atoms with van der Waals surface area (Å²) in [7, 11) is 1.91. The van der Waals surface area contributed by atoms with Gasteiger partial charge in [-0.1, -0.05) is 30.7 Å². The molecule has 0 amide bonds. The van der Waals surface area contributed by atoms with Crippen molar-refractivity contribution < 1.29 is 9.50 Å². The van der Waals surface area contributed by atoms with Gasteiger partial charge in [0.05, 0.1) is 6.10 Å². The van der Waals surface area contributed by atoms with Crippen molar-refractivity contribution in [1.82, 2.24) is 0 Å². The zero-order valence-electron chi connectivity index (χ0n) is 13.6. The summed E-state index contributed by atoms with van der Waals surface area (Å²) in [5.41, 5.74) is 3.53. The SMILES string of the molecule is CC/C=C(C)\C=C(\C(C)O)N(C)c1ccc(C(C)F)cc1. The maximum absolute atomic E-state index is 13.2. The molecular formula is C18H26FNO. The number of aliphatic hydroxyl groups is 1. The molecule has 0 bridgehead atoms. The van der Waals surface area contributed by atoms with Crippen LogP contribution in [-0.2, 0) is 0 Å². The molecule has 1 aromatic rings. The van der Waals surface area contributed by atoms with E-state index in [4.69, 9.17) is 0 Å². The highest BCUT2D eigenvalue weighted by atomic mass is 19.1. The molecule has 3 heteroatoms. The van der Waals surface area contributed by atoms with Crippen molar-refractivity contribution in [3.05, 3.63) is 53.3 Å². The third-order valence-electron chi connectivity index (χ3n) is 3.46. The molecule has 0 radical (unpaired) electrons. The van der Waals surface area contributed by atoms with Crippen LogP contribution < -0.4 is 4.90 Å². The van der Waals surface area contributed by atoms with Crippen LogP contribution in [0, 0.1) is 0 Å².